The topological polar surface area (TPSA) is 91.1 Å². The third kappa shape index (κ3) is 5.41. The molecule has 4 aromatic rings. The molecule has 1 amide bonds. The van der Waals surface area contributed by atoms with Gasteiger partial charge in [-0.3, -0.25) is 0 Å². The number of aryl methyl sites for hydroxylation is 1. The summed E-state index contributed by atoms with van der Waals surface area (Å²) in [7, 11) is 1.59. The van der Waals surface area contributed by atoms with Crippen LogP contribution in [0.3, 0.4) is 0 Å². The van der Waals surface area contributed by atoms with Crippen molar-refractivity contribution in [2.45, 2.75) is 39.2 Å². The number of methoxy groups -OCH3 is 1. The zero-order valence-electron chi connectivity index (χ0n) is 21.8. The highest BCUT2D eigenvalue weighted by molar-refractivity contribution is 5.75. The summed E-state index contributed by atoms with van der Waals surface area (Å²) >= 11 is 0. The number of carbonyl (C=O) groups excluding carboxylic acids is 1. The van der Waals surface area contributed by atoms with Crippen molar-refractivity contribution in [1.29, 1.82) is 0 Å². The molecule has 0 spiro atoms. The number of hydrogen-bond acceptors (Lipinski definition) is 7. The fraction of sp³-hybridized carbons (Fsp3) is 0.357. The number of carbonyl (C=O) groups is 1. The Bertz CT molecular complexity index is 1420. The van der Waals surface area contributed by atoms with E-state index in [9.17, 15) is 4.79 Å². The first kappa shape index (κ1) is 24.7. The Balaban J connectivity index is 1.34. The number of aromatic nitrogens is 4. The van der Waals surface area contributed by atoms with Crippen LogP contribution in [0.1, 0.15) is 38.1 Å². The highest BCUT2D eigenvalue weighted by Crippen LogP contribution is 2.34. The summed E-state index contributed by atoms with van der Waals surface area (Å²) in [6.07, 6.45) is 3.76. The Morgan fingerprint density at radius 2 is 1.81 bits per heavy atom. The first-order valence-corrected chi connectivity index (χ1v) is 12.2. The second-order valence-electron chi connectivity index (χ2n) is 10.3. The van der Waals surface area contributed by atoms with E-state index >= 15 is 0 Å². The van der Waals surface area contributed by atoms with E-state index < -0.39 is 5.60 Å². The molecule has 0 bridgehead atoms. The van der Waals surface area contributed by atoms with Crippen molar-refractivity contribution < 1.29 is 19.0 Å². The van der Waals surface area contributed by atoms with Crippen molar-refractivity contribution in [3.8, 4) is 28.1 Å². The number of ether oxygens (including phenoxy) is 3. The lowest BCUT2D eigenvalue weighted by molar-refractivity contribution is 0.00780. The van der Waals surface area contributed by atoms with E-state index in [1.807, 2.05) is 80.8 Å². The van der Waals surface area contributed by atoms with Crippen LogP contribution in [0.4, 0.5) is 4.79 Å². The minimum Gasteiger partial charge on any atom is -0.467 e. The average Bonchev–Trinajstić information content (AvgIpc) is 3.20. The van der Waals surface area contributed by atoms with Crippen LogP contribution in [0.25, 0.3) is 28.0 Å². The Morgan fingerprint density at radius 1 is 1.03 bits per heavy atom. The average molecular weight is 502 g/mol. The third-order valence-corrected chi connectivity index (χ3v) is 6.13. The largest absolute Gasteiger partial charge is 0.467 e. The Kier molecular flexibility index (Phi) is 6.55. The van der Waals surface area contributed by atoms with Crippen LogP contribution in [-0.2, 0) is 9.47 Å². The number of likely N-dealkylation sites (tertiary alicyclic amines) is 1. The predicted molar refractivity (Wildman–Crippen MR) is 139 cm³/mol. The van der Waals surface area contributed by atoms with Crippen LogP contribution in [0.2, 0.25) is 0 Å². The molecule has 1 aromatic carbocycles. The fourth-order valence-corrected chi connectivity index (χ4v) is 4.29. The molecule has 4 heterocycles. The molecule has 192 valence electrons. The molecule has 9 heteroatoms. The highest BCUT2D eigenvalue weighted by atomic mass is 16.7. The van der Waals surface area contributed by atoms with Gasteiger partial charge in [0.1, 0.15) is 17.0 Å². The molecule has 0 radical (unpaired) electrons. The summed E-state index contributed by atoms with van der Waals surface area (Å²) in [6.45, 7) is 8.83. The number of hydrogen-bond donors (Lipinski definition) is 0. The quantitative estimate of drug-likeness (QED) is 0.340. The van der Waals surface area contributed by atoms with E-state index in [4.69, 9.17) is 14.2 Å². The van der Waals surface area contributed by atoms with Crippen LogP contribution in [-0.4, -0.2) is 63.2 Å². The SMILES string of the molecule is COCOc1cc(-c2ccc3nc(C)cn3c2)ccc1-c1ccc(C2CN(C(=O)OC(C)(C)C)C2)nn1. The van der Waals surface area contributed by atoms with Crippen LogP contribution < -0.4 is 4.74 Å². The number of rotatable bonds is 6. The molecular formula is C28H31N5O4. The van der Waals surface area contributed by atoms with Gasteiger partial charge in [-0.05, 0) is 75.2 Å². The highest BCUT2D eigenvalue weighted by Gasteiger charge is 2.35. The summed E-state index contributed by atoms with van der Waals surface area (Å²) in [5, 5.41) is 8.94. The van der Waals surface area contributed by atoms with Gasteiger partial charge in [-0.25, -0.2) is 9.78 Å². The number of benzene rings is 1. The van der Waals surface area contributed by atoms with E-state index in [0.29, 0.717) is 24.5 Å². The van der Waals surface area contributed by atoms with Crippen LogP contribution in [0, 0.1) is 6.92 Å². The summed E-state index contributed by atoms with van der Waals surface area (Å²) in [4.78, 5) is 18.4. The molecule has 37 heavy (non-hydrogen) atoms. The molecule has 3 aromatic heterocycles. The normalized spacial score (nSPS) is 14.0. The first-order chi connectivity index (χ1) is 17.7. The zero-order chi connectivity index (χ0) is 26.2. The molecule has 0 atom stereocenters. The van der Waals surface area contributed by atoms with Crippen LogP contribution in [0.15, 0.2) is 54.9 Å². The van der Waals surface area contributed by atoms with Gasteiger partial charge in [-0.2, -0.15) is 10.2 Å². The van der Waals surface area contributed by atoms with Gasteiger partial charge in [-0.1, -0.05) is 6.07 Å². The van der Waals surface area contributed by atoms with Crippen molar-refractivity contribution in [2.24, 2.45) is 0 Å². The van der Waals surface area contributed by atoms with Crippen molar-refractivity contribution in [3.63, 3.8) is 0 Å². The maximum atomic E-state index is 12.2. The molecular weight excluding hydrogens is 470 g/mol. The van der Waals surface area contributed by atoms with E-state index in [1.54, 1.807) is 12.0 Å². The molecule has 0 aliphatic carbocycles. The third-order valence-electron chi connectivity index (χ3n) is 6.13. The van der Waals surface area contributed by atoms with E-state index in [-0.39, 0.29) is 18.8 Å². The van der Waals surface area contributed by atoms with Gasteiger partial charge >= 0.3 is 6.09 Å². The summed E-state index contributed by atoms with van der Waals surface area (Å²) < 4.78 is 18.5. The van der Waals surface area contributed by atoms with Gasteiger partial charge < -0.3 is 23.5 Å². The molecule has 9 nitrogen and oxygen atoms in total. The number of pyridine rings is 1. The summed E-state index contributed by atoms with van der Waals surface area (Å²) in [5.74, 6) is 0.797. The fourth-order valence-electron chi connectivity index (χ4n) is 4.29. The van der Waals surface area contributed by atoms with Crippen molar-refractivity contribution in [1.82, 2.24) is 24.5 Å². The maximum Gasteiger partial charge on any atom is 0.410 e. The van der Waals surface area contributed by atoms with Gasteiger partial charge in [0.05, 0.1) is 17.1 Å². The monoisotopic (exact) mass is 501 g/mol. The zero-order valence-corrected chi connectivity index (χ0v) is 21.8. The maximum absolute atomic E-state index is 12.2. The van der Waals surface area contributed by atoms with E-state index in [1.165, 1.54) is 0 Å². The number of imidazole rings is 1. The van der Waals surface area contributed by atoms with Gasteiger partial charge in [-0.15, -0.1) is 0 Å². The smallest absolute Gasteiger partial charge is 0.410 e. The molecule has 0 saturated carbocycles. The second-order valence-corrected chi connectivity index (χ2v) is 10.3. The molecule has 1 fully saturated rings. The molecule has 0 unspecified atom stereocenters. The Labute approximate surface area is 216 Å². The lowest BCUT2D eigenvalue weighted by Crippen LogP contribution is -2.50. The van der Waals surface area contributed by atoms with Crippen molar-refractivity contribution in [3.05, 3.63) is 66.2 Å². The molecule has 0 N–H and O–H groups in total. The summed E-state index contributed by atoms with van der Waals surface area (Å²) in [5.41, 5.74) is 5.79. The Morgan fingerprint density at radius 3 is 2.51 bits per heavy atom. The second kappa shape index (κ2) is 9.82. The lowest BCUT2D eigenvalue weighted by atomic mass is 9.96. The standard InChI is InChI=1S/C28H31N5O4/c1-18-13-32-14-20(7-11-26(32)29-18)19-6-8-22(25(12-19)36-17-35-5)24-10-9-23(30-31-24)21-15-33(16-21)27(34)37-28(2,3)4/h6-14,21H,15-17H2,1-5H3. The predicted octanol–water partition coefficient (Wildman–Crippen LogP) is 5.08. The van der Waals surface area contributed by atoms with Crippen LogP contribution in [0.5, 0.6) is 5.75 Å². The van der Waals surface area contributed by atoms with Gasteiger partial charge in [0.2, 0.25) is 0 Å². The van der Waals surface area contributed by atoms with E-state index in [2.05, 4.69) is 21.4 Å². The first-order valence-electron chi connectivity index (χ1n) is 12.2. The summed E-state index contributed by atoms with van der Waals surface area (Å²) in [6, 6.07) is 14.0. The molecule has 1 aliphatic heterocycles. The van der Waals surface area contributed by atoms with E-state index in [0.717, 1.165) is 33.7 Å². The number of fused-ring (bicyclic) bond motifs is 1. The molecule has 1 aliphatic rings. The van der Waals surface area contributed by atoms with Crippen molar-refractivity contribution >= 4 is 11.7 Å². The van der Waals surface area contributed by atoms with Gasteiger partial charge in [0, 0.05) is 44.1 Å². The van der Waals surface area contributed by atoms with Gasteiger partial charge in [0.25, 0.3) is 0 Å². The Hall–Kier alpha value is -3.98. The lowest BCUT2D eigenvalue weighted by Gasteiger charge is -2.39. The van der Waals surface area contributed by atoms with Crippen molar-refractivity contribution in [2.75, 3.05) is 27.0 Å². The van der Waals surface area contributed by atoms with Gasteiger partial charge in [0.15, 0.2) is 6.79 Å². The minimum absolute atomic E-state index is 0.115. The minimum atomic E-state index is -0.507. The number of nitrogens with zero attached hydrogens (tertiary/aromatic N) is 5. The molecule has 5 rings (SSSR count). The molecule has 1 saturated heterocycles. The van der Waals surface area contributed by atoms with Crippen LogP contribution >= 0.6 is 0 Å². The number of amides is 1.